The third kappa shape index (κ3) is 6.30. The summed E-state index contributed by atoms with van der Waals surface area (Å²) >= 11 is 0. The first kappa shape index (κ1) is 34.6. The van der Waals surface area contributed by atoms with Crippen LogP contribution < -0.4 is 42.4 Å². The third-order valence-electron chi connectivity index (χ3n) is 9.50. The summed E-state index contributed by atoms with van der Waals surface area (Å²) in [5.74, 6) is 0. The second kappa shape index (κ2) is 16.0. The summed E-state index contributed by atoms with van der Waals surface area (Å²) in [4.78, 5) is 0. The van der Waals surface area contributed by atoms with Crippen molar-refractivity contribution in [2.45, 2.75) is 0 Å². The fourth-order valence-corrected chi connectivity index (χ4v) is 47.9. The van der Waals surface area contributed by atoms with E-state index >= 15 is 0 Å². The summed E-state index contributed by atoms with van der Waals surface area (Å²) in [6.07, 6.45) is 0. The van der Waals surface area contributed by atoms with E-state index in [-0.39, 0.29) is 0 Å². The van der Waals surface area contributed by atoms with Crippen LogP contribution in [-0.4, -0.2) is 0 Å². The fraction of sp³-hybridized carbons (Fsp3) is 0. The molecule has 0 N–H and O–H groups in total. The van der Waals surface area contributed by atoms with Gasteiger partial charge in [-0.25, -0.2) is 0 Å². The molecule has 0 spiro atoms. The first-order valence-electron chi connectivity index (χ1n) is 17.7. The van der Waals surface area contributed by atoms with Gasteiger partial charge in [0.25, 0.3) is 0 Å². The number of hydrogen-bond donors (Lipinski definition) is 0. The van der Waals surface area contributed by atoms with Crippen molar-refractivity contribution in [2.75, 3.05) is 0 Å². The molecule has 8 aromatic rings. The Labute approximate surface area is 312 Å². The molecule has 0 saturated carbocycles. The van der Waals surface area contributed by atoms with E-state index in [0.29, 0.717) is 0 Å². The average Bonchev–Trinajstić information content (AvgIpc) is 3.25. The Morgan fingerprint density at radius 1 is 0.192 bits per heavy atom. The minimum absolute atomic E-state index is 1.01. The first-order chi connectivity index (χ1) is 25.8. The highest BCUT2D eigenvalue weighted by atomic mass is 32.7. The van der Waals surface area contributed by atoms with Crippen LogP contribution in [0.15, 0.2) is 243 Å². The molecule has 4 heteroatoms. The molecule has 0 saturated heterocycles. The van der Waals surface area contributed by atoms with Crippen molar-refractivity contribution in [3.8, 4) is 0 Å². The summed E-state index contributed by atoms with van der Waals surface area (Å²) in [7, 11) is -2.01. The largest absolute Gasteiger partial charge is 0.173 e. The summed E-state index contributed by atoms with van der Waals surface area (Å²) in [5, 5.41) is 11.5. The van der Waals surface area contributed by atoms with Gasteiger partial charge in [0, 0.05) is 10.6 Å². The Morgan fingerprint density at radius 3 is 0.519 bits per heavy atom. The summed E-state index contributed by atoms with van der Waals surface area (Å²) in [6, 6.07) is 92.5. The van der Waals surface area contributed by atoms with Gasteiger partial charge < -0.3 is 0 Å². The van der Waals surface area contributed by atoms with Gasteiger partial charge >= 0.3 is 0 Å². The zero-order chi connectivity index (χ0) is 35.1. The molecule has 8 aromatic carbocycles. The van der Waals surface area contributed by atoms with E-state index < -0.39 is 28.5 Å². The minimum Gasteiger partial charge on any atom is -0.0622 e. The molecule has 0 heterocycles. The van der Waals surface area contributed by atoms with Crippen molar-refractivity contribution < 1.29 is 0 Å². The number of rotatable bonds is 11. The molecule has 2 atom stereocenters. The summed E-state index contributed by atoms with van der Waals surface area (Å²) in [6.45, 7) is -4.89. The lowest BCUT2D eigenvalue weighted by Crippen LogP contribution is -2.36. The maximum Gasteiger partial charge on any atom is 0.173 e. The monoisotopic (exact) mass is 740 g/mol. The molecule has 0 fully saturated rings. The fourth-order valence-electron chi connectivity index (χ4n) is 7.36. The normalized spacial score (nSPS) is 12.8. The van der Waals surface area contributed by atoms with E-state index in [1.54, 1.807) is 0 Å². The Morgan fingerprint density at radius 2 is 0.346 bits per heavy atom. The average molecular weight is 741 g/mol. The molecule has 0 nitrogen and oxygen atoms in total. The van der Waals surface area contributed by atoms with E-state index in [4.69, 9.17) is 0 Å². The Balaban J connectivity index is 1.64. The van der Waals surface area contributed by atoms with E-state index in [0.717, 1.165) is 0 Å². The molecule has 0 bridgehead atoms. The highest BCUT2D eigenvalue weighted by Gasteiger charge is 2.67. The lowest BCUT2D eigenvalue weighted by atomic mass is 10.4. The van der Waals surface area contributed by atoms with Crippen LogP contribution >= 0.6 is 28.5 Å². The van der Waals surface area contributed by atoms with Crippen LogP contribution in [0, 0.1) is 0 Å². The molecule has 0 aliphatic heterocycles. The van der Waals surface area contributed by atoms with Gasteiger partial charge in [-0.3, -0.25) is 0 Å². The van der Waals surface area contributed by atoms with Crippen LogP contribution in [0.2, 0.25) is 0 Å². The summed E-state index contributed by atoms with van der Waals surface area (Å²) < 4.78 is 0. The molecule has 0 aliphatic rings. The molecule has 0 aromatic heterocycles. The van der Waals surface area contributed by atoms with E-state index in [1.165, 1.54) is 42.4 Å². The van der Waals surface area contributed by atoms with Crippen LogP contribution in [0.3, 0.4) is 0 Å². The van der Waals surface area contributed by atoms with Crippen LogP contribution in [0.1, 0.15) is 0 Å². The smallest absolute Gasteiger partial charge is 0.0622 e. The SMILES string of the molecule is c1ccc([P@]([P@](c2ccccc2)[P+](c2ccccc2)(c2ccccc2)c2ccccc2)[P+](c2ccccc2)(c2ccccc2)c2ccccc2)cc1. The molecule has 0 unspecified atom stereocenters. The zero-order valence-corrected chi connectivity index (χ0v) is 32.5. The van der Waals surface area contributed by atoms with Gasteiger partial charge in [0.15, 0.2) is 14.6 Å². The second-order valence-corrected chi connectivity index (χ2v) is 30.7. The molecular weight excluding hydrogens is 700 g/mol. The summed E-state index contributed by atoms with van der Waals surface area (Å²) in [5.41, 5.74) is 0. The third-order valence-corrected chi connectivity index (χ3v) is 39.5. The topological polar surface area (TPSA) is 0 Å². The molecular formula is C48H40P4+2. The van der Waals surface area contributed by atoms with Crippen LogP contribution in [0.5, 0.6) is 0 Å². The van der Waals surface area contributed by atoms with E-state index in [2.05, 4.69) is 243 Å². The molecule has 0 aliphatic carbocycles. The molecule has 52 heavy (non-hydrogen) atoms. The highest BCUT2D eigenvalue weighted by molar-refractivity contribution is 8.90. The number of benzene rings is 8. The first-order valence-corrected chi connectivity index (χ1v) is 26.1. The van der Waals surface area contributed by atoms with Gasteiger partial charge in [0.05, 0.1) is 0 Å². The molecule has 0 amide bonds. The van der Waals surface area contributed by atoms with Crippen molar-refractivity contribution in [1.82, 2.24) is 0 Å². The van der Waals surface area contributed by atoms with Gasteiger partial charge in [-0.2, -0.15) is 0 Å². The van der Waals surface area contributed by atoms with Crippen molar-refractivity contribution in [2.24, 2.45) is 0 Å². The van der Waals surface area contributed by atoms with Gasteiger partial charge in [-0.15, -0.1) is 0 Å². The predicted octanol–water partition coefficient (Wildman–Crippen LogP) is 10.3. The Kier molecular flexibility index (Phi) is 10.6. The Bertz CT molecular complexity index is 1910. The van der Waals surface area contributed by atoms with E-state index in [1.807, 2.05) is 0 Å². The van der Waals surface area contributed by atoms with Gasteiger partial charge in [-0.1, -0.05) is 170 Å². The maximum atomic E-state index is 2.45. The second-order valence-electron chi connectivity index (χ2n) is 12.5. The van der Waals surface area contributed by atoms with Crippen LogP contribution in [-0.2, 0) is 0 Å². The highest BCUT2D eigenvalue weighted by Crippen LogP contribution is 3.04. The quantitative estimate of drug-likeness (QED) is 0.116. The lowest BCUT2D eigenvalue weighted by Gasteiger charge is -2.42. The standard InChI is InChI=1S/C48H40P4/c1-9-25-41(26-10-1)49(51(43-29-13-3-14-30-43,44-31-15-4-16-32-44)45-33-17-5-18-34-45)50(42-27-11-2-12-28-42)52(46-35-19-6-20-36-46,47-37-21-7-22-38-47)48-39-23-8-24-40-48/h1-40H/q+2/t49-,50+. The van der Waals surface area contributed by atoms with Crippen LogP contribution in [0.4, 0.5) is 0 Å². The van der Waals surface area contributed by atoms with E-state index in [9.17, 15) is 0 Å². The zero-order valence-electron chi connectivity index (χ0n) is 28.9. The molecule has 8 rings (SSSR count). The molecule has 0 radical (unpaired) electrons. The van der Waals surface area contributed by atoms with Gasteiger partial charge in [-0.05, 0) is 72.8 Å². The Hall–Kier alpha value is -4.52. The van der Waals surface area contributed by atoms with Crippen LogP contribution in [0.25, 0.3) is 0 Å². The minimum atomic E-state index is -2.44. The predicted molar refractivity (Wildman–Crippen MR) is 236 cm³/mol. The van der Waals surface area contributed by atoms with Crippen molar-refractivity contribution in [1.29, 1.82) is 0 Å². The van der Waals surface area contributed by atoms with Gasteiger partial charge in [0.1, 0.15) is 45.7 Å². The number of hydrogen-bond acceptors (Lipinski definition) is 0. The maximum absolute atomic E-state index is 2.45. The van der Waals surface area contributed by atoms with Crippen molar-refractivity contribution in [3.63, 3.8) is 0 Å². The lowest BCUT2D eigenvalue weighted by molar-refractivity contribution is 1.73. The van der Waals surface area contributed by atoms with Crippen molar-refractivity contribution >= 4 is 70.9 Å². The van der Waals surface area contributed by atoms with Crippen molar-refractivity contribution in [3.05, 3.63) is 243 Å². The molecule has 250 valence electrons. The van der Waals surface area contributed by atoms with Gasteiger partial charge in [0.2, 0.25) is 0 Å².